The first kappa shape index (κ1) is 12.3. The van der Waals surface area contributed by atoms with E-state index in [1.54, 1.807) is 11.3 Å². The predicted molar refractivity (Wildman–Crippen MR) is 73.5 cm³/mol. The van der Waals surface area contributed by atoms with Gasteiger partial charge in [-0.1, -0.05) is 19.9 Å². The molecule has 0 saturated carbocycles. The summed E-state index contributed by atoms with van der Waals surface area (Å²) in [6.45, 7) is 3.92. The van der Waals surface area contributed by atoms with Crippen LogP contribution in [-0.2, 0) is 4.79 Å². The lowest BCUT2D eigenvalue weighted by Gasteiger charge is -2.06. The number of thiophene rings is 1. The molecule has 2 aromatic heterocycles. The maximum Gasteiger partial charge on any atom is 0.228 e. The molecule has 0 aliphatic rings. The van der Waals surface area contributed by atoms with E-state index in [1.165, 1.54) is 11.3 Å². The largest absolute Gasteiger partial charge is 0.302 e. The number of aromatic nitrogens is 1. The average molecular weight is 266 g/mol. The highest BCUT2D eigenvalue weighted by Gasteiger charge is 2.13. The van der Waals surface area contributed by atoms with Crippen molar-refractivity contribution in [3.63, 3.8) is 0 Å². The Bertz CT molecular complexity index is 490. The second kappa shape index (κ2) is 5.42. The first-order valence-corrected chi connectivity index (χ1v) is 7.27. The summed E-state index contributed by atoms with van der Waals surface area (Å²) in [5.74, 6) is 0.0728. The molecule has 17 heavy (non-hydrogen) atoms. The van der Waals surface area contributed by atoms with Crippen molar-refractivity contribution in [1.82, 2.24) is 4.98 Å². The SMILES string of the molecule is CCC(C)C(=O)Nc1nc(-c2cccs2)cs1. The van der Waals surface area contributed by atoms with Crippen molar-refractivity contribution in [3.05, 3.63) is 22.9 Å². The minimum Gasteiger partial charge on any atom is -0.302 e. The van der Waals surface area contributed by atoms with Gasteiger partial charge in [0.1, 0.15) is 0 Å². The summed E-state index contributed by atoms with van der Waals surface area (Å²) in [7, 11) is 0. The fourth-order valence-corrected chi connectivity index (χ4v) is 2.76. The highest BCUT2D eigenvalue weighted by atomic mass is 32.1. The van der Waals surface area contributed by atoms with Gasteiger partial charge in [0.2, 0.25) is 5.91 Å². The van der Waals surface area contributed by atoms with Crippen molar-refractivity contribution in [1.29, 1.82) is 0 Å². The maximum absolute atomic E-state index is 11.7. The molecule has 90 valence electrons. The molecule has 1 amide bonds. The van der Waals surface area contributed by atoms with E-state index in [-0.39, 0.29) is 11.8 Å². The van der Waals surface area contributed by atoms with Crippen LogP contribution >= 0.6 is 22.7 Å². The molecule has 0 bridgehead atoms. The summed E-state index contributed by atoms with van der Waals surface area (Å²) >= 11 is 3.12. The van der Waals surface area contributed by atoms with E-state index < -0.39 is 0 Å². The Kier molecular flexibility index (Phi) is 3.91. The van der Waals surface area contributed by atoms with Crippen molar-refractivity contribution in [2.75, 3.05) is 5.32 Å². The molecule has 1 atom stereocenters. The molecule has 5 heteroatoms. The standard InChI is InChI=1S/C12H14N2OS2/c1-3-8(2)11(15)14-12-13-9(7-17-12)10-5-4-6-16-10/h4-8H,3H2,1-2H3,(H,13,14,15). The highest BCUT2D eigenvalue weighted by Crippen LogP contribution is 2.28. The summed E-state index contributed by atoms with van der Waals surface area (Å²) in [5.41, 5.74) is 0.935. The van der Waals surface area contributed by atoms with Gasteiger partial charge < -0.3 is 5.32 Å². The van der Waals surface area contributed by atoms with Crippen LogP contribution < -0.4 is 5.32 Å². The topological polar surface area (TPSA) is 42.0 Å². The van der Waals surface area contributed by atoms with Crippen molar-refractivity contribution in [3.8, 4) is 10.6 Å². The van der Waals surface area contributed by atoms with Gasteiger partial charge in [-0.05, 0) is 17.9 Å². The van der Waals surface area contributed by atoms with Crippen molar-refractivity contribution < 1.29 is 4.79 Å². The molecule has 2 rings (SSSR count). The Balaban J connectivity index is 2.07. The quantitative estimate of drug-likeness (QED) is 0.913. The van der Waals surface area contributed by atoms with Crippen LogP contribution in [0.15, 0.2) is 22.9 Å². The molecule has 0 aromatic carbocycles. The van der Waals surface area contributed by atoms with Gasteiger partial charge >= 0.3 is 0 Å². The van der Waals surface area contributed by atoms with E-state index in [1.807, 2.05) is 36.7 Å². The summed E-state index contributed by atoms with van der Waals surface area (Å²) in [5, 5.41) is 7.52. The van der Waals surface area contributed by atoms with Gasteiger partial charge in [-0.25, -0.2) is 4.98 Å². The van der Waals surface area contributed by atoms with E-state index in [2.05, 4.69) is 10.3 Å². The van der Waals surface area contributed by atoms with Gasteiger partial charge in [0, 0.05) is 11.3 Å². The fraction of sp³-hybridized carbons (Fsp3) is 0.333. The van der Waals surface area contributed by atoms with Gasteiger partial charge in [0.25, 0.3) is 0 Å². The lowest BCUT2D eigenvalue weighted by atomic mass is 10.1. The molecule has 0 saturated heterocycles. The Hall–Kier alpha value is -1.20. The molecule has 2 aromatic rings. The Morgan fingerprint density at radius 2 is 2.35 bits per heavy atom. The van der Waals surface area contributed by atoms with Crippen LogP contribution in [0.2, 0.25) is 0 Å². The molecule has 2 heterocycles. The third-order valence-corrected chi connectivity index (χ3v) is 4.22. The van der Waals surface area contributed by atoms with E-state index in [0.717, 1.165) is 17.0 Å². The Morgan fingerprint density at radius 1 is 1.53 bits per heavy atom. The average Bonchev–Trinajstić information content (AvgIpc) is 2.97. The van der Waals surface area contributed by atoms with Crippen molar-refractivity contribution >= 4 is 33.7 Å². The lowest BCUT2D eigenvalue weighted by Crippen LogP contribution is -2.19. The molecule has 0 aliphatic carbocycles. The molecule has 3 nitrogen and oxygen atoms in total. The number of carbonyl (C=O) groups is 1. The third kappa shape index (κ3) is 2.92. The van der Waals surface area contributed by atoms with Gasteiger partial charge in [-0.3, -0.25) is 4.79 Å². The minimum atomic E-state index is 0.0316. The summed E-state index contributed by atoms with van der Waals surface area (Å²) in [4.78, 5) is 17.2. The first-order valence-electron chi connectivity index (χ1n) is 5.51. The van der Waals surface area contributed by atoms with Crippen LogP contribution in [0.1, 0.15) is 20.3 Å². The predicted octanol–water partition coefficient (Wildman–Crippen LogP) is 3.86. The lowest BCUT2D eigenvalue weighted by molar-refractivity contribution is -0.119. The second-order valence-corrected chi connectivity index (χ2v) is 5.62. The van der Waals surface area contributed by atoms with Gasteiger partial charge in [-0.15, -0.1) is 22.7 Å². The first-order chi connectivity index (χ1) is 8.20. The molecular weight excluding hydrogens is 252 g/mol. The molecular formula is C12H14N2OS2. The molecule has 1 N–H and O–H groups in total. The number of carbonyl (C=O) groups excluding carboxylic acids is 1. The highest BCUT2D eigenvalue weighted by molar-refractivity contribution is 7.16. The van der Waals surface area contributed by atoms with Crippen LogP contribution in [0, 0.1) is 5.92 Å². The zero-order valence-corrected chi connectivity index (χ0v) is 11.4. The summed E-state index contributed by atoms with van der Waals surface area (Å²) in [6, 6.07) is 4.02. The van der Waals surface area contributed by atoms with E-state index in [0.29, 0.717) is 5.13 Å². The van der Waals surface area contributed by atoms with E-state index >= 15 is 0 Å². The summed E-state index contributed by atoms with van der Waals surface area (Å²) in [6.07, 6.45) is 0.842. The zero-order valence-electron chi connectivity index (χ0n) is 9.77. The van der Waals surface area contributed by atoms with Gasteiger partial charge in [0.15, 0.2) is 5.13 Å². The molecule has 0 radical (unpaired) electrons. The Labute approximate surface area is 109 Å². The molecule has 0 fully saturated rings. The Morgan fingerprint density at radius 3 is 3.00 bits per heavy atom. The molecule has 1 unspecified atom stereocenters. The van der Waals surface area contributed by atoms with E-state index in [4.69, 9.17) is 0 Å². The van der Waals surface area contributed by atoms with Gasteiger partial charge in [0.05, 0.1) is 10.6 Å². The van der Waals surface area contributed by atoms with Crippen LogP contribution in [0.4, 0.5) is 5.13 Å². The fourth-order valence-electron chi connectivity index (χ4n) is 1.28. The van der Waals surface area contributed by atoms with E-state index in [9.17, 15) is 4.79 Å². The minimum absolute atomic E-state index is 0.0316. The number of hydrogen-bond donors (Lipinski definition) is 1. The third-order valence-electron chi connectivity index (χ3n) is 2.57. The number of amides is 1. The number of hydrogen-bond acceptors (Lipinski definition) is 4. The smallest absolute Gasteiger partial charge is 0.228 e. The van der Waals surface area contributed by atoms with Crippen LogP contribution in [-0.4, -0.2) is 10.9 Å². The maximum atomic E-state index is 11.7. The number of nitrogens with zero attached hydrogens (tertiary/aromatic N) is 1. The second-order valence-electron chi connectivity index (χ2n) is 3.81. The number of thiazole rings is 1. The van der Waals surface area contributed by atoms with Gasteiger partial charge in [-0.2, -0.15) is 0 Å². The molecule has 0 spiro atoms. The monoisotopic (exact) mass is 266 g/mol. The zero-order chi connectivity index (χ0) is 12.3. The normalized spacial score (nSPS) is 12.4. The van der Waals surface area contributed by atoms with Crippen LogP contribution in [0.5, 0.6) is 0 Å². The number of anilines is 1. The van der Waals surface area contributed by atoms with Crippen molar-refractivity contribution in [2.45, 2.75) is 20.3 Å². The van der Waals surface area contributed by atoms with Crippen molar-refractivity contribution in [2.24, 2.45) is 5.92 Å². The van der Waals surface area contributed by atoms with Crippen LogP contribution in [0.3, 0.4) is 0 Å². The van der Waals surface area contributed by atoms with Crippen LogP contribution in [0.25, 0.3) is 10.6 Å². The summed E-state index contributed by atoms with van der Waals surface area (Å²) < 4.78 is 0. The number of nitrogens with one attached hydrogen (secondary N) is 1. The molecule has 0 aliphatic heterocycles. The number of rotatable bonds is 4.